The third kappa shape index (κ3) is 4.85. The molecule has 2 aromatic heterocycles. The van der Waals surface area contributed by atoms with Crippen molar-refractivity contribution in [3.05, 3.63) is 89.1 Å². The molecule has 0 fully saturated rings. The third-order valence-electron chi connectivity index (χ3n) is 5.79. The number of rotatable bonds is 6. The molecule has 3 amide bonds. The zero-order chi connectivity index (χ0) is 24.4. The fourth-order valence-corrected chi connectivity index (χ4v) is 4.29. The number of anilines is 1. The summed E-state index contributed by atoms with van der Waals surface area (Å²) >= 11 is 6.04. The van der Waals surface area contributed by atoms with E-state index in [9.17, 15) is 14.4 Å². The van der Waals surface area contributed by atoms with Crippen molar-refractivity contribution in [2.24, 2.45) is 0 Å². The lowest BCUT2D eigenvalue weighted by Crippen LogP contribution is -2.55. The number of para-hydroxylation sites is 1. The number of hydrogen-bond donors (Lipinski definition) is 3. The van der Waals surface area contributed by atoms with E-state index >= 15 is 0 Å². The first kappa shape index (κ1) is 22.5. The van der Waals surface area contributed by atoms with Gasteiger partial charge in [-0.3, -0.25) is 24.4 Å². The average Bonchev–Trinajstić information content (AvgIpc) is 3.29. The molecule has 2 aromatic carbocycles. The highest BCUT2D eigenvalue weighted by Crippen LogP contribution is 2.28. The molecule has 176 valence electrons. The number of amides is 3. The second-order valence-electron chi connectivity index (χ2n) is 8.17. The minimum atomic E-state index is -0.819. The maximum atomic E-state index is 13.4. The molecule has 1 atom stereocenters. The van der Waals surface area contributed by atoms with Gasteiger partial charge in [0.15, 0.2) is 0 Å². The van der Waals surface area contributed by atoms with E-state index < -0.39 is 11.9 Å². The van der Waals surface area contributed by atoms with Crippen molar-refractivity contribution in [2.75, 3.05) is 11.4 Å². The highest BCUT2D eigenvalue weighted by molar-refractivity contribution is 6.31. The number of benzene rings is 2. The van der Waals surface area contributed by atoms with Crippen LogP contribution in [0.2, 0.25) is 5.02 Å². The van der Waals surface area contributed by atoms with Crippen LogP contribution in [0.25, 0.3) is 10.9 Å². The highest BCUT2D eigenvalue weighted by atomic mass is 35.5. The first-order valence-corrected chi connectivity index (χ1v) is 11.4. The van der Waals surface area contributed by atoms with Crippen LogP contribution in [0.1, 0.15) is 21.7 Å². The zero-order valence-electron chi connectivity index (χ0n) is 18.5. The summed E-state index contributed by atoms with van der Waals surface area (Å²) in [5, 5.41) is 6.94. The predicted molar refractivity (Wildman–Crippen MR) is 131 cm³/mol. The Kier molecular flexibility index (Phi) is 6.15. The quantitative estimate of drug-likeness (QED) is 0.385. The molecule has 0 saturated carbocycles. The molecule has 9 nitrogen and oxygen atoms in total. The molecular weight excluding hydrogens is 468 g/mol. The molecule has 0 bridgehead atoms. The van der Waals surface area contributed by atoms with Crippen molar-refractivity contribution in [3.63, 3.8) is 0 Å². The first-order valence-electron chi connectivity index (χ1n) is 11.0. The van der Waals surface area contributed by atoms with Gasteiger partial charge in [0.2, 0.25) is 11.8 Å². The lowest BCUT2D eigenvalue weighted by molar-refractivity contribution is -0.125. The van der Waals surface area contributed by atoms with Gasteiger partial charge in [0.05, 0.1) is 18.4 Å². The number of nitrogens with one attached hydrogen (secondary N) is 3. The van der Waals surface area contributed by atoms with Crippen LogP contribution in [0, 0.1) is 0 Å². The highest BCUT2D eigenvalue weighted by Gasteiger charge is 2.35. The molecule has 4 aromatic rings. The fourth-order valence-electron chi connectivity index (χ4n) is 4.11. The maximum Gasteiger partial charge on any atom is 0.268 e. The van der Waals surface area contributed by atoms with Crippen LogP contribution in [0.3, 0.4) is 0 Å². The Morgan fingerprint density at radius 1 is 1.14 bits per heavy atom. The van der Waals surface area contributed by atoms with Crippen molar-refractivity contribution in [1.29, 1.82) is 0 Å². The minimum absolute atomic E-state index is 0.187. The Bertz CT molecular complexity index is 1420. The summed E-state index contributed by atoms with van der Waals surface area (Å²) in [5.74, 6) is -1.12. The van der Waals surface area contributed by atoms with Crippen LogP contribution in [0.4, 0.5) is 5.69 Å². The van der Waals surface area contributed by atoms with E-state index in [1.54, 1.807) is 48.9 Å². The van der Waals surface area contributed by atoms with Crippen LogP contribution in [0.15, 0.2) is 67.1 Å². The molecular formula is C25H21ClN6O3. The molecule has 35 heavy (non-hydrogen) atoms. The largest absolute Gasteiger partial charge is 0.351 e. The van der Waals surface area contributed by atoms with Crippen molar-refractivity contribution >= 4 is 45.9 Å². The molecule has 10 heteroatoms. The van der Waals surface area contributed by atoms with Crippen molar-refractivity contribution in [2.45, 2.75) is 19.0 Å². The van der Waals surface area contributed by atoms with Gasteiger partial charge in [-0.25, -0.2) is 0 Å². The van der Waals surface area contributed by atoms with Crippen molar-refractivity contribution < 1.29 is 14.4 Å². The Morgan fingerprint density at radius 2 is 2.00 bits per heavy atom. The van der Waals surface area contributed by atoms with Gasteiger partial charge >= 0.3 is 0 Å². The van der Waals surface area contributed by atoms with Gasteiger partial charge in [-0.05, 0) is 35.9 Å². The van der Waals surface area contributed by atoms with Crippen molar-refractivity contribution in [1.82, 2.24) is 25.6 Å². The number of nitrogens with zero attached hydrogens (tertiary/aromatic N) is 3. The van der Waals surface area contributed by atoms with Crippen LogP contribution < -0.4 is 15.5 Å². The predicted octanol–water partition coefficient (Wildman–Crippen LogP) is 2.62. The number of hydrogen-bond acceptors (Lipinski definition) is 5. The molecule has 5 rings (SSSR count). The second kappa shape index (κ2) is 9.55. The molecule has 3 heterocycles. The smallest absolute Gasteiger partial charge is 0.268 e. The summed E-state index contributed by atoms with van der Waals surface area (Å²) in [4.78, 5) is 51.6. The van der Waals surface area contributed by atoms with E-state index in [0.717, 1.165) is 16.5 Å². The van der Waals surface area contributed by atoms with E-state index in [1.165, 1.54) is 4.90 Å². The third-order valence-corrected chi connectivity index (χ3v) is 6.02. The zero-order valence-corrected chi connectivity index (χ0v) is 19.2. The van der Waals surface area contributed by atoms with Gasteiger partial charge in [-0.15, -0.1) is 0 Å². The molecule has 1 aliphatic rings. The summed E-state index contributed by atoms with van der Waals surface area (Å²) in [5.41, 5.74) is 3.21. The molecule has 0 saturated heterocycles. The maximum absolute atomic E-state index is 13.4. The summed E-state index contributed by atoms with van der Waals surface area (Å²) < 4.78 is 0. The van der Waals surface area contributed by atoms with E-state index in [2.05, 4.69) is 25.6 Å². The molecule has 1 aliphatic heterocycles. The Balaban J connectivity index is 1.32. The van der Waals surface area contributed by atoms with Gasteiger partial charge < -0.3 is 20.5 Å². The number of aromatic amines is 1. The molecule has 3 N–H and O–H groups in total. The standard InChI is InChI=1S/C25H21ClN6O3/c26-17-5-6-19-16(9-17)11-20(30-19)24(34)31-21-10-15-3-1-2-4-22(15)32(25(21)35)14-23(33)29-13-18-12-27-7-8-28-18/h1-9,11-12,21,30H,10,13-14H2,(H,29,33)(H,31,34). The van der Waals surface area contributed by atoms with Crippen molar-refractivity contribution in [3.8, 4) is 0 Å². The number of carbonyl (C=O) groups is 3. The van der Waals surface area contributed by atoms with E-state index in [1.807, 2.05) is 18.2 Å². The minimum Gasteiger partial charge on any atom is -0.351 e. The fraction of sp³-hybridized carbons (Fsp3) is 0.160. The van der Waals surface area contributed by atoms with E-state index in [4.69, 9.17) is 11.6 Å². The number of H-pyrrole nitrogens is 1. The Hall–Kier alpha value is -4.24. The van der Waals surface area contributed by atoms with Gasteiger partial charge in [-0.2, -0.15) is 0 Å². The first-order chi connectivity index (χ1) is 17.0. The molecule has 0 aliphatic carbocycles. The van der Waals surface area contributed by atoms with Crippen LogP contribution in [0.5, 0.6) is 0 Å². The summed E-state index contributed by atoms with van der Waals surface area (Å²) in [6, 6.07) is 13.5. The van der Waals surface area contributed by atoms with Crippen LogP contribution >= 0.6 is 11.6 Å². The van der Waals surface area contributed by atoms with E-state index in [-0.39, 0.29) is 24.9 Å². The van der Waals surface area contributed by atoms with Gasteiger partial charge in [0.25, 0.3) is 5.91 Å². The number of aromatic nitrogens is 3. The van der Waals surface area contributed by atoms with Gasteiger partial charge in [0, 0.05) is 40.4 Å². The topological polar surface area (TPSA) is 120 Å². The Labute approximate surface area is 205 Å². The second-order valence-corrected chi connectivity index (χ2v) is 8.61. The Morgan fingerprint density at radius 3 is 2.83 bits per heavy atom. The lowest BCUT2D eigenvalue weighted by Gasteiger charge is -2.34. The van der Waals surface area contributed by atoms with Crippen LogP contribution in [-0.2, 0) is 22.6 Å². The SMILES string of the molecule is O=C(CN1C(=O)C(NC(=O)c2cc3cc(Cl)ccc3[nH]2)Cc2ccccc21)NCc1cnccn1. The summed E-state index contributed by atoms with van der Waals surface area (Å²) in [6.07, 6.45) is 4.98. The average molecular weight is 489 g/mol. The monoisotopic (exact) mass is 488 g/mol. The summed E-state index contributed by atoms with van der Waals surface area (Å²) in [6.45, 7) is 0.00822. The van der Waals surface area contributed by atoms with Crippen LogP contribution in [-0.4, -0.2) is 45.3 Å². The van der Waals surface area contributed by atoms with Gasteiger partial charge in [-0.1, -0.05) is 29.8 Å². The number of carbonyl (C=O) groups excluding carboxylic acids is 3. The summed E-state index contributed by atoms with van der Waals surface area (Å²) in [7, 11) is 0. The van der Waals surface area contributed by atoms with Gasteiger partial charge in [0.1, 0.15) is 18.3 Å². The lowest BCUT2D eigenvalue weighted by atomic mass is 9.97. The molecule has 1 unspecified atom stereocenters. The molecule has 0 radical (unpaired) electrons. The van der Waals surface area contributed by atoms with E-state index in [0.29, 0.717) is 28.5 Å². The normalized spacial score (nSPS) is 15.1. The molecule has 0 spiro atoms. The number of fused-ring (bicyclic) bond motifs is 2. The number of halogens is 1.